The van der Waals surface area contributed by atoms with E-state index in [2.05, 4.69) is 10.3 Å². The van der Waals surface area contributed by atoms with E-state index in [1.165, 1.54) is 13.2 Å². The van der Waals surface area contributed by atoms with Gasteiger partial charge in [0.15, 0.2) is 6.04 Å². The van der Waals surface area contributed by atoms with E-state index >= 15 is 0 Å². The first kappa shape index (κ1) is 13.3. The van der Waals surface area contributed by atoms with Gasteiger partial charge in [0.25, 0.3) is 5.91 Å². The predicted octanol–water partition coefficient (Wildman–Crippen LogP) is -0.269. The van der Waals surface area contributed by atoms with E-state index in [1.807, 2.05) is 0 Å². The Bertz CT molecular complexity index is 492. The Labute approximate surface area is 110 Å². The third-order valence-corrected chi connectivity index (χ3v) is 2.95. The Morgan fingerprint density at radius 3 is 3.05 bits per heavy atom. The Kier molecular flexibility index (Phi) is 3.96. The molecule has 102 valence electrons. The van der Waals surface area contributed by atoms with Gasteiger partial charge in [-0.2, -0.15) is 0 Å². The largest absolute Gasteiger partial charge is 0.480 e. The number of morpholine rings is 1. The zero-order chi connectivity index (χ0) is 13.8. The number of carbonyl (C=O) groups excluding carboxylic acids is 1. The number of carboxylic acid groups (broad SMARTS) is 1. The Hall–Kier alpha value is -2.15. The monoisotopic (exact) mass is 265 g/mol. The number of pyridine rings is 1. The van der Waals surface area contributed by atoms with Gasteiger partial charge in [-0.25, -0.2) is 4.79 Å². The lowest BCUT2D eigenvalue weighted by Gasteiger charge is -2.34. The van der Waals surface area contributed by atoms with Crippen LogP contribution in [0.2, 0.25) is 0 Å². The summed E-state index contributed by atoms with van der Waals surface area (Å²) in [5.74, 6) is -1.25. The van der Waals surface area contributed by atoms with Crippen LogP contribution >= 0.6 is 0 Å². The van der Waals surface area contributed by atoms with Crippen molar-refractivity contribution in [2.24, 2.45) is 0 Å². The van der Waals surface area contributed by atoms with Gasteiger partial charge in [0.1, 0.15) is 5.69 Å². The zero-order valence-electron chi connectivity index (χ0n) is 10.5. The van der Waals surface area contributed by atoms with Crippen molar-refractivity contribution in [3.8, 4) is 0 Å². The molecule has 0 saturated carbocycles. The molecule has 1 aromatic rings. The number of nitrogens with zero attached hydrogens (tertiary/aromatic N) is 2. The van der Waals surface area contributed by atoms with Gasteiger partial charge in [0, 0.05) is 25.5 Å². The quantitative estimate of drug-likeness (QED) is 0.781. The predicted molar refractivity (Wildman–Crippen MR) is 67.2 cm³/mol. The lowest BCUT2D eigenvalue weighted by Crippen LogP contribution is -2.50. The van der Waals surface area contributed by atoms with Gasteiger partial charge in [-0.05, 0) is 12.1 Å². The fourth-order valence-corrected chi connectivity index (χ4v) is 1.97. The molecule has 1 saturated heterocycles. The highest BCUT2D eigenvalue weighted by atomic mass is 16.5. The number of aromatic nitrogens is 1. The molecule has 0 radical (unpaired) electrons. The topological polar surface area (TPSA) is 91.8 Å². The number of hydrogen-bond acceptors (Lipinski definition) is 5. The van der Waals surface area contributed by atoms with Gasteiger partial charge < -0.3 is 20.1 Å². The molecule has 0 aliphatic carbocycles. The van der Waals surface area contributed by atoms with Crippen molar-refractivity contribution in [1.82, 2.24) is 10.3 Å². The van der Waals surface area contributed by atoms with Crippen LogP contribution in [-0.4, -0.2) is 54.8 Å². The van der Waals surface area contributed by atoms with Crippen molar-refractivity contribution in [2.45, 2.75) is 6.04 Å². The molecule has 0 spiro atoms. The van der Waals surface area contributed by atoms with Gasteiger partial charge in [-0.15, -0.1) is 0 Å². The minimum Gasteiger partial charge on any atom is -0.480 e. The van der Waals surface area contributed by atoms with Crippen LogP contribution in [0.25, 0.3) is 0 Å². The summed E-state index contributed by atoms with van der Waals surface area (Å²) in [5.41, 5.74) is 0.917. The summed E-state index contributed by atoms with van der Waals surface area (Å²) >= 11 is 0. The van der Waals surface area contributed by atoms with E-state index in [0.717, 1.165) is 0 Å². The number of rotatable bonds is 3. The van der Waals surface area contributed by atoms with E-state index in [1.54, 1.807) is 17.0 Å². The summed E-state index contributed by atoms with van der Waals surface area (Å²) < 4.78 is 5.18. The van der Waals surface area contributed by atoms with Crippen molar-refractivity contribution >= 4 is 17.6 Å². The van der Waals surface area contributed by atoms with Crippen molar-refractivity contribution < 1.29 is 19.4 Å². The number of aliphatic carboxylic acids is 1. The van der Waals surface area contributed by atoms with Gasteiger partial charge in [0.2, 0.25) is 0 Å². The van der Waals surface area contributed by atoms with Crippen molar-refractivity contribution in [2.75, 3.05) is 31.7 Å². The van der Waals surface area contributed by atoms with E-state index in [9.17, 15) is 14.7 Å². The molecule has 1 amide bonds. The molecule has 1 unspecified atom stereocenters. The smallest absolute Gasteiger partial charge is 0.328 e. The molecule has 1 aliphatic heterocycles. The highest BCUT2D eigenvalue weighted by Gasteiger charge is 2.29. The summed E-state index contributed by atoms with van der Waals surface area (Å²) in [4.78, 5) is 28.4. The van der Waals surface area contributed by atoms with E-state index in [-0.39, 0.29) is 18.2 Å². The van der Waals surface area contributed by atoms with Crippen LogP contribution in [0, 0.1) is 0 Å². The van der Waals surface area contributed by atoms with Gasteiger partial charge in [0.05, 0.1) is 13.2 Å². The van der Waals surface area contributed by atoms with Crippen LogP contribution in [-0.2, 0) is 9.53 Å². The molecule has 0 bridgehead atoms. The summed E-state index contributed by atoms with van der Waals surface area (Å²) in [6.45, 7) is 1.06. The van der Waals surface area contributed by atoms with Gasteiger partial charge >= 0.3 is 5.97 Å². The molecule has 1 aliphatic rings. The van der Waals surface area contributed by atoms with E-state index < -0.39 is 12.0 Å². The van der Waals surface area contributed by atoms with Crippen LogP contribution in [0.15, 0.2) is 18.3 Å². The molecule has 7 nitrogen and oxygen atoms in total. The summed E-state index contributed by atoms with van der Waals surface area (Å²) in [7, 11) is 1.52. The molecule has 1 atom stereocenters. The van der Waals surface area contributed by atoms with Crippen molar-refractivity contribution in [1.29, 1.82) is 0 Å². The van der Waals surface area contributed by atoms with Crippen LogP contribution < -0.4 is 10.2 Å². The maximum absolute atomic E-state index is 11.5. The van der Waals surface area contributed by atoms with Crippen LogP contribution in [0.3, 0.4) is 0 Å². The molecular formula is C12H15N3O4. The number of amides is 1. The van der Waals surface area contributed by atoms with Crippen LogP contribution in [0.5, 0.6) is 0 Å². The lowest BCUT2D eigenvalue weighted by molar-refractivity contribution is -0.141. The summed E-state index contributed by atoms with van der Waals surface area (Å²) in [5, 5.41) is 11.7. The number of nitrogens with one attached hydrogen (secondary N) is 1. The number of anilines is 1. The highest BCUT2D eigenvalue weighted by Crippen LogP contribution is 2.20. The zero-order valence-corrected chi connectivity index (χ0v) is 10.5. The number of carboxylic acids is 1. The molecule has 2 rings (SSSR count). The molecule has 2 N–H and O–H groups in total. The van der Waals surface area contributed by atoms with Gasteiger partial charge in [-0.3, -0.25) is 9.78 Å². The highest BCUT2D eigenvalue weighted by molar-refractivity contribution is 5.93. The number of ether oxygens (including phenoxy) is 1. The SMILES string of the molecule is CNC(=O)c1cc(N2CCOCC2C(=O)O)ccn1. The first-order chi connectivity index (χ1) is 9.13. The van der Waals surface area contributed by atoms with Crippen LogP contribution in [0.1, 0.15) is 10.5 Å². The fraction of sp³-hybridized carbons (Fsp3) is 0.417. The molecule has 0 aromatic carbocycles. The minimum absolute atomic E-state index is 0.132. The molecular weight excluding hydrogens is 250 g/mol. The number of carbonyl (C=O) groups is 2. The Balaban J connectivity index is 2.29. The molecule has 7 heteroatoms. The lowest BCUT2D eigenvalue weighted by atomic mass is 10.2. The van der Waals surface area contributed by atoms with Gasteiger partial charge in [-0.1, -0.05) is 0 Å². The maximum atomic E-state index is 11.5. The average Bonchev–Trinajstić information content (AvgIpc) is 2.46. The fourth-order valence-electron chi connectivity index (χ4n) is 1.97. The third kappa shape index (κ3) is 2.82. The van der Waals surface area contributed by atoms with E-state index in [0.29, 0.717) is 18.8 Å². The second-order valence-electron chi connectivity index (χ2n) is 4.10. The van der Waals surface area contributed by atoms with Crippen molar-refractivity contribution in [3.63, 3.8) is 0 Å². The standard InChI is InChI=1S/C12H15N3O4/c1-13-11(16)9-6-8(2-3-14-9)15-4-5-19-7-10(15)12(17)18/h2-3,6,10H,4-5,7H2,1H3,(H,13,16)(H,17,18). The minimum atomic E-state index is -0.946. The van der Waals surface area contributed by atoms with Crippen molar-refractivity contribution in [3.05, 3.63) is 24.0 Å². The van der Waals surface area contributed by atoms with E-state index in [4.69, 9.17) is 4.74 Å². The number of hydrogen-bond donors (Lipinski definition) is 2. The normalized spacial score (nSPS) is 19.0. The summed E-state index contributed by atoms with van der Waals surface area (Å²) in [6, 6.07) is 2.53. The molecule has 19 heavy (non-hydrogen) atoms. The van der Waals surface area contributed by atoms with Crippen LogP contribution in [0.4, 0.5) is 5.69 Å². The molecule has 2 heterocycles. The maximum Gasteiger partial charge on any atom is 0.328 e. The Morgan fingerprint density at radius 2 is 2.37 bits per heavy atom. The first-order valence-electron chi connectivity index (χ1n) is 5.89. The first-order valence-corrected chi connectivity index (χ1v) is 5.89. The second-order valence-corrected chi connectivity index (χ2v) is 4.10. The Morgan fingerprint density at radius 1 is 1.58 bits per heavy atom. The molecule has 1 fully saturated rings. The molecule has 1 aromatic heterocycles. The average molecular weight is 265 g/mol. The third-order valence-electron chi connectivity index (χ3n) is 2.95. The summed E-state index contributed by atoms with van der Waals surface area (Å²) in [6.07, 6.45) is 1.49. The second kappa shape index (κ2) is 5.66.